The molecule has 2 aromatic rings. The second-order valence-electron chi connectivity index (χ2n) is 12.0. The third kappa shape index (κ3) is 9.43. The van der Waals surface area contributed by atoms with E-state index in [2.05, 4.69) is 127 Å². The summed E-state index contributed by atoms with van der Waals surface area (Å²) in [6.07, 6.45) is 14.3. The molecule has 3 heterocycles. The maximum Gasteiger partial charge on any atom is 0.115 e. The molecule has 2 aromatic heterocycles. The molecule has 8 heteroatoms. The van der Waals surface area contributed by atoms with Crippen molar-refractivity contribution >= 4 is 28.6 Å². The van der Waals surface area contributed by atoms with Crippen LogP contribution in [0.25, 0.3) is 22.9 Å². The van der Waals surface area contributed by atoms with E-state index in [1.54, 1.807) is 0 Å². The fourth-order valence-electron chi connectivity index (χ4n) is 5.13. The van der Waals surface area contributed by atoms with Crippen molar-refractivity contribution in [3.8, 4) is 0 Å². The third-order valence-corrected chi connectivity index (χ3v) is 7.68. The van der Waals surface area contributed by atoms with Crippen LogP contribution in [0.4, 0.5) is 5.69 Å². The van der Waals surface area contributed by atoms with E-state index in [0.29, 0.717) is 0 Å². The van der Waals surface area contributed by atoms with E-state index in [0.717, 1.165) is 88.5 Å². The summed E-state index contributed by atoms with van der Waals surface area (Å²) in [7, 11) is 6.23. The van der Waals surface area contributed by atoms with Crippen molar-refractivity contribution in [3.05, 3.63) is 100 Å². The fraction of sp³-hybridized carbons (Fsp3) is 0.389. The molecule has 0 bridgehead atoms. The number of piperazine rings is 1. The fourth-order valence-corrected chi connectivity index (χ4v) is 5.13. The van der Waals surface area contributed by atoms with E-state index in [9.17, 15) is 0 Å². The second-order valence-corrected chi connectivity index (χ2v) is 12.0. The number of hydrogen-bond acceptors (Lipinski definition) is 7. The van der Waals surface area contributed by atoms with Crippen LogP contribution in [0.1, 0.15) is 52.8 Å². The van der Waals surface area contributed by atoms with Gasteiger partial charge in [0.2, 0.25) is 0 Å². The smallest absolute Gasteiger partial charge is 0.115 e. The first-order chi connectivity index (χ1) is 20.9. The number of pyridine rings is 1. The number of nitrogens with zero attached hydrogens (tertiary/aromatic N) is 5. The Labute approximate surface area is 264 Å². The molecule has 1 aliphatic heterocycles. The van der Waals surface area contributed by atoms with Crippen molar-refractivity contribution < 1.29 is 0 Å². The van der Waals surface area contributed by atoms with Crippen LogP contribution < -0.4 is 21.2 Å². The van der Waals surface area contributed by atoms with Crippen LogP contribution in [0.15, 0.2) is 78.6 Å². The lowest BCUT2D eigenvalue weighted by atomic mass is 10.1. The van der Waals surface area contributed by atoms with E-state index < -0.39 is 0 Å². The van der Waals surface area contributed by atoms with Gasteiger partial charge in [-0.1, -0.05) is 37.0 Å². The van der Waals surface area contributed by atoms with E-state index in [1.165, 1.54) is 11.3 Å². The Kier molecular flexibility index (Phi) is 12.6. The molecule has 1 fully saturated rings. The van der Waals surface area contributed by atoms with Crippen LogP contribution >= 0.6 is 0 Å². The van der Waals surface area contributed by atoms with Gasteiger partial charge in [0.05, 0.1) is 22.9 Å². The highest BCUT2D eigenvalue weighted by atomic mass is 15.3. The molecule has 3 N–H and O–H groups in total. The lowest BCUT2D eigenvalue weighted by Gasteiger charge is -2.36. The Morgan fingerprint density at radius 3 is 2.39 bits per heavy atom. The van der Waals surface area contributed by atoms with Gasteiger partial charge >= 0.3 is 0 Å². The molecule has 0 aliphatic carbocycles. The number of likely N-dealkylation sites (N-methyl/N-ethyl adjacent to an activating group) is 2. The average molecular weight is 597 g/mol. The van der Waals surface area contributed by atoms with Crippen molar-refractivity contribution in [2.75, 3.05) is 59.2 Å². The summed E-state index contributed by atoms with van der Waals surface area (Å²) in [4.78, 5) is 11.4. The van der Waals surface area contributed by atoms with Gasteiger partial charge < -0.3 is 25.3 Å². The van der Waals surface area contributed by atoms with E-state index in [4.69, 9.17) is 5.10 Å². The zero-order valence-corrected chi connectivity index (χ0v) is 28.3. The van der Waals surface area contributed by atoms with Gasteiger partial charge in [-0.15, -0.1) is 0 Å². The Morgan fingerprint density at radius 1 is 1.05 bits per heavy atom. The van der Waals surface area contributed by atoms with Crippen molar-refractivity contribution in [3.63, 3.8) is 0 Å². The number of aromatic nitrogens is 3. The number of H-pyrrole nitrogens is 1. The van der Waals surface area contributed by atoms with Crippen LogP contribution in [0.3, 0.4) is 0 Å². The molecular formula is C36H52N8. The van der Waals surface area contributed by atoms with Gasteiger partial charge in [0.15, 0.2) is 0 Å². The number of anilines is 1. The third-order valence-electron chi connectivity index (χ3n) is 7.68. The summed E-state index contributed by atoms with van der Waals surface area (Å²) in [5.41, 5.74) is 10.2. The largest absolute Gasteiger partial charge is 0.369 e. The van der Waals surface area contributed by atoms with Gasteiger partial charge in [0.25, 0.3) is 0 Å². The Balaban J connectivity index is 1.87. The molecule has 0 spiro atoms. The molecule has 0 radical (unpaired) electrons. The molecule has 236 valence electrons. The quantitative estimate of drug-likeness (QED) is 0.300. The van der Waals surface area contributed by atoms with Crippen LogP contribution in [-0.2, 0) is 0 Å². The number of aromatic amines is 1. The van der Waals surface area contributed by atoms with Crippen LogP contribution in [0, 0.1) is 0 Å². The monoisotopic (exact) mass is 596 g/mol. The van der Waals surface area contributed by atoms with Gasteiger partial charge in [-0.2, -0.15) is 5.10 Å². The SMILES string of the molecule is C=C(CN(C)C)Nc1cncc(/C(C)=C/C=c2/[nH]nc(C(=C)N/C(C)=C(C)/C(=C\C=C/C)N3CCN(C)CC3)c2=C(C)C)c1. The van der Waals surface area contributed by atoms with Crippen molar-refractivity contribution in [1.82, 2.24) is 35.2 Å². The minimum absolute atomic E-state index is 0.754. The highest BCUT2D eigenvalue weighted by Crippen LogP contribution is 2.21. The molecule has 0 saturated carbocycles. The van der Waals surface area contributed by atoms with Gasteiger partial charge in [0, 0.05) is 61.2 Å². The number of rotatable bonds is 12. The standard InChI is InChI=1S/C36H52N8/c1-12-13-14-34(44-19-17-43(11)18-20-44)28(6)29(7)39-30(8)36-35(25(2)3)33(40-41-36)16-15-26(4)31-21-32(23-37-22-31)38-27(5)24-42(9)10/h12-16,21-23,38-40H,5,8,17-20,24H2,1-4,6-7,9-11H3/b13-12-,26-15+,29-28+,33-16+,34-14+. The summed E-state index contributed by atoms with van der Waals surface area (Å²) in [6, 6.07) is 2.09. The van der Waals surface area contributed by atoms with Crippen molar-refractivity contribution in [1.29, 1.82) is 0 Å². The zero-order valence-electron chi connectivity index (χ0n) is 28.3. The molecule has 0 unspecified atom stereocenters. The lowest BCUT2D eigenvalue weighted by Crippen LogP contribution is -2.44. The molecule has 0 atom stereocenters. The number of nitrogens with one attached hydrogen (secondary N) is 3. The molecule has 44 heavy (non-hydrogen) atoms. The first kappa shape index (κ1) is 34.4. The maximum absolute atomic E-state index is 4.69. The van der Waals surface area contributed by atoms with Crippen LogP contribution in [-0.4, -0.2) is 83.7 Å². The van der Waals surface area contributed by atoms with Crippen LogP contribution in [0.5, 0.6) is 0 Å². The van der Waals surface area contributed by atoms with Gasteiger partial charge in [0.1, 0.15) is 5.69 Å². The highest BCUT2D eigenvalue weighted by molar-refractivity contribution is 5.72. The summed E-state index contributed by atoms with van der Waals surface area (Å²) in [5, 5.41) is 16.8. The number of allylic oxidation sites excluding steroid dienone is 7. The molecular weight excluding hydrogens is 544 g/mol. The minimum atomic E-state index is 0.754. The second kappa shape index (κ2) is 16.1. The van der Waals surface area contributed by atoms with Gasteiger partial charge in [-0.05, 0) is 97.6 Å². The molecule has 3 rings (SSSR count). The Bertz CT molecular complexity index is 1570. The van der Waals surface area contributed by atoms with E-state index >= 15 is 0 Å². The van der Waals surface area contributed by atoms with Crippen molar-refractivity contribution in [2.45, 2.75) is 41.5 Å². The Hall–Kier alpha value is -4.14. The molecule has 1 saturated heterocycles. The predicted octanol–water partition coefficient (Wildman–Crippen LogP) is 4.93. The lowest BCUT2D eigenvalue weighted by molar-refractivity contribution is 0.188. The molecule has 0 amide bonds. The first-order valence-electron chi connectivity index (χ1n) is 15.3. The molecule has 8 nitrogen and oxygen atoms in total. The summed E-state index contributed by atoms with van der Waals surface area (Å²) >= 11 is 0. The van der Waals surface area contributed by atoms with E-state index in [-0.39, 0.29) is 0 Å². The zero-order chi connectivity index (χ0) is 32.4. The normalized spacial score (nSPS) is 16.0. The predicted molar refractivity (Wildman–Crippen MR) is 189 cm³/mol. The average Bonchev–Trinajstić information content (AvgIpc) is 3.41. The summed E-state index contributed by atoms with van der Waals surface area (Å²) in [5.74, 6) is 0. The summed E-state index contributed by atoms with van der Waals surface area (Å²) < 4.78 is 0. The first-order valence-corrected chi connectivity index (χ1v) is 15.3. The van der Waals surface area contributed by atoms with E-state index in [1.807, 2.05) is 33.4 Å². The Morgan fingerprint density at radius 2 is 1.75 bits per heavy atom. The van der Waals surface area contributed by atoms with Crippen molar-refractivity contribution in [2.24, 2.45) is 0 Å². The summed E-state index contributed by atoms with van der Waals surface area (Å²) in [6.45, 7) is 26.0. The van der Waals surface area contributed by atoms with Gasteiger partial charge in [-0.3, -0.25) is 10.1 Å². The maximum atomic E-state index is 4.69. The molecule has 0 aromatic carbocycles. The van der Waals surface area contributed by atoms with Crippen LogP contribution in [0.2, 0.25) is 0 Å². The molecule has 1 aliphatic rings. The number of hydrogen-bond donors (Lipinski definition) is 3. The highest BCUT2D eigenvalue weighted by Gasteiger charge is 2.19. The van der Waals surface area contributed by atoms with Gasteiger partial charge in [-0.25, -0.2) is 0 Å². The minimum Gasteiger partial charge on any atom is -0.369 e. The topological polar surface area (TPSA) is 75.3 Å².